The minimum atomic E-state index is -0.0395. The van der Waals surface area contributed by atoms with Crippen LogP contribution in [0.4, 0.5) is 17.3 Å². The number of aromatic nitrogens is 4. The van der Waals surface area contributed by atoms with Gasteiger partial charge in [0.25, 0.3) is 5.91 Å². The summed E-state index contributed by atoms with van der Waals surface area (Å²) in [5.41, 5.74) is 5.30. The van der Waals surface area contributed by atoms with E-state index in [0.717, 1.165) is 28.2 Å². The highest BCUT2D eigenvalue weighted by Crippen LogP contribution is 2.30. The fraction of sp³-hybridized carbons (Fsp3) is 0.231. The van der Waals surface area contributed by atoms with Crippen LogP contribution in [0.3, 0.4) is 0 Å². The number of amides is 1. The summed E-state index contributed by atoms with van der Waals surface area (Å²) < 4.78 is 7.19. The molecule has 3 heterocycles. The zero-order chi connectivity index (χ0) is 24.4. The molecule has 0 spiro atoms. The van der Waals surface area contributed by atoms with Crippen LogP contribution in [-0.4, -0.2) is 45.4 Å². The predicted molar refractivity (Wildman–Crippen MR) is 137 cm³/mol. The first-order valence-electron chi connectivity index (χ1n) is 11.4. The number of halogens is 1. The van der Waals surface area contributed by atoms with E-state index in [9.17, 15) is 4.79 Å². The highest BCUT2D eigenvalue weighted by atomic mass is 35.5. The molecule has 1 amide bonds. The van der Waals surface area contributed by atoms with Crippen LogP contribution in [-0.2, 0) is 9.53 Å². The highest BCUT2D eigenvalue weighted by molar-refractivity contribution is 6.32. The van der Waals surface area contributed by atoms with E-state index in [1.165, 1.54) is 0 Å². The van der Waals surface area contributed by atoms with Crippen LogP contribution in [0.25, 0.3) is 22.5 Å². The number of benzene rings is 2. The fourth-order valence-corrected chi connectivity index (χ4v) is 4.23. The maximum atomic E-state index is 12.1. The number of rotatable bonds is 6. The summed E-state index contributed by atoms with van der Waals surface area (Å²) in [5.74, 6) is 0.392. The third kappa shape index (κ3) is 4.89. The van der Waals surface area contributed by atoms with Gasteiger partial charge in [-0.2, -0.15) is 5.10 Å². The Hall–Kier alpha value is -3.75. The maximum Gasteiger partial charge on any atom is 0.253 e. The lowest BCUT2D eigenvalue weighted by atomic mass is 10.1. The van der Waals surface area contributed by atoms with Gasteiger partial charge in [-0.15, -0.1) is 0 Å². The number of nitrogens with zero attached hydrogens (tertiary/aromatic N) is 5. The van der Waals surface area contributed by atoms with Gasteiger partial charge in [0.2, 0.25) is 5.95 Å². The molecule has 1 N–H and O–H groups in total. The third-order valence-corrected chi connectivity index (χ3v) is 6.06. The molecule has 4 aromatic rings. The lowest BCUT2D eigenvalue weighted by Gasteiger charge is -2.26. The van der Waals surface area contributed by atoms with Crippen molar-refractivity contribution in [2.45, 2.75) is 19.9 Å². The molecule has 2 aromatic heterocycles. The van der Waals surface area contributed by atoms with Crippen LogP contribution in [0.15, 0.2) is 67.0 Å². The molecule has 0 aliphatic carbocycles. The van der Waals surface area contributed by atoms with Gasteiger partial charge in [-0.05, 0) is 49.7 Å². The van der Waals surface area contributed by atoms with Crippen LogP contribution in [0.1, 0.15) is 19.9 Å². The molecular formula is C26H25ClN6O2. The monoisotopic (exact) mass is 488 g/mol. The second-order valence-corrected chi connectivity index (χ2v) is 8.90. The number of anilines is 3. The predicted octanol–water partition coefficient (Wildman–Crippen LogP) is 5.35. The molecule has 1 aliphatic heterocycles. The average Bonchev–Trinajstić information content (AvgIpc) is 3.37. The molecule has 0 unspecified atom stereocenters. The summed E-state index contributed by atoms with van der Waals surface area (Å²) in [5, 5.41) is 8.10. The molecule has 0 bridgehead atoms. The quantitative estimate of drug-likeness (QED) is 0.394. The Balaban J connectivity index is 1.34. The van der Waals surface area contributed by atoms with Crippen molar-refractivity contribution < 1.29 is 9.53 Å². The molecule has 5 rings (SSSR count). The Morgan fingerprint density at radius 2 is 1.77 bits per heavy atom. The molecule has 35 heavy (non-hydrogen) atoms. The van der Waals surface area contributed by atoms with Gasteiger partial charge in [-0.1, -0.05) is 35.9 Å². The van der Waals surface area contributed by atoms with Gasteiger partial charge in [0.15, 0.2) is 0 Å². The molecule has 0 saturated carbocycles. The Labute approximate surface area is 208 Å². The van der Waals surface area contributed by atoms with Crippen molar-refractivity contribution in [1.29, 1.82) is 0 Å². The topological polar surface area (TPSA) is 85.2 Å². The first-order valence-corrected chi connectivity index (χ1v) is 11.8. The van der Waals surface area contributed by atoms with E-state index in [1.807, 2.05) is 65.5 Å². The van der Waals surface area contributed by atoms with Gasteiger partial charge in [-0.25, -0.2) is 9.97 Å². The second kappa shape index (κ2) is 9.85. The summed E-state index contributed by atoms with van der Waals surface area (Å²) in [6.07, 6.45) is 3.41. The normalized spacial score (nSPS) is 13.9. The van der Waals surface area contributed by atoms with Crippen molar-refractivity contribution in [3.63, 3.8) is 0 Å². The zero-order valence-electron chi connectivity index (χ0n) is 19.5. The minimum Gasteiger partial charge on any atom is -0.370 e. The molecule has 8 nitrogen and oxygen atoms in total. The van der Waals surface area contributed by atoms with Crippen molar-refractivity contribution >= 4 is 34.8 Å². The summed E-state index contributed by atoms with van der Waals surface area (Å²) in [4.78, 5) is 22.8. The van der Waals surface area contributed by atoms with Crippen molar-refractivity contribution in [3.8, 4) is 22.5 Å². The SMILES string of the molecule is CC(C)n1nccc1-c1ccc(-c2nc(Nc3ccc(N4CCOCC4=O)cc3)ncc2Cl)cc1. The van der Waals surface area contributed by atoms with E-state index >= 15 is 0 Å². The second-order valence-electron chi connectivity index (χ2n) is 8.49. The Morgan fingerprint density at radius 1 is 1.03 bits per heavy atom. The summed E-state index contributed by atoms with van der Waals surface area (Å²) >= 11 is 6.45. The molecule has 1 saturated heterocycles. The van der Waals surface area contributed by atoms with Crippen LogP contribution in [0.2, 0.25) is 5.02 Å². The van der Waals surface area contributed by atoms with E-state index < -0.39 is 0 Å². The van der Waals surface area contributed by atoms with E-state index in [4.69, 9.17) is 16.3 Å². The molecule has 178 valence electrons. The number of carbonyl (C=O) groups is 1. The number of hydrogen-bond donors (Lipinski definition) is 1. The first kappa shape index (κ1) is 23.0. The molecule has 9 heteroatoms. The maximum absolute atomic E-state index is 12.1. The van der Waals surface area contributed by atoms with E-state index in [-0.39, 0.29) is 18.6 Å². The van der Waals surface area contributed by atoms with Gasteiger partial charge in [0, 0.05) is 35.7 Å². The van der Waals surface area contributed by atoms with Gasteiger partial charge in [0.05, 0.1) is 29.2 Å². The minimum absolute atomic E-state index is 0.0395. The molecule has 0 atom stereocenters. The van der Waals surface area contributed by atoms with Gasteiger partial charge >= 0.3 is 0 Å². The van der Waals surface area contributed by atoms with Crippen molar-refractivity contribution in [2.24, 2.45) is 0 Å². The van der Waals surface area contributed by atoms with Crippen LogP contribution >= 0.6 is 11.6 Å². The van der Waals surface area contributed by atoms with Crippen LogP contribution in [0.5, 0.6) is 0 Å². The first-order chi connectivity index (χ1) is 17.0. The highest BCUT2D eigenvalue weighted by Gasteiger charge is 2.20. The third-order valence-electron chi connectivity index (χ3n) is 5.78. The smallest absolute Gasteiger partial charge is 0.253 e. The van der Waals surface area contributed by atoms with Gasteiger partial charge in [-0.3, -0.25) is 9.48 Å². The standard InChI is InChI=1S/C26H25ClN6O2/c1-17(2)33-23(11-12-29-33)18-3-5-19(6-4-18)25-22(27)15-28-26(31-25)30-20-7-9-21(10-8-20)32-13-14-35-16-24(32)34/h3-12,15,17H,13-14,16H2,1-2H3,(H,28,30,31). The number of nitrogens with one attached hydrogen (secondary N) is 1. The number of ether oxygens (including phenoxy) is 1. The lowest BCUT2D eigenvalue weighted by Crippen LogP contribution is -2.41. The molecule has 0 radical (unpaired) electrons. The molecule has 2 aromatic carbocycles. The Bertz CT molecular complexity index is 1330. The number of morpholine rings is 1. The van der Waals surface area contributed by atoms with Crippen molar-refractivity contribution in [1.82, 2.24) is 19.7 Å². The summed E-state index contributed by atoms with van der Waals surface area (Å²) in [7, 11) is 0. The molecule has 1 aliphatic rings. The van der Waals surface area contributed by atoms with Gasteiger partial charge < -0.3 is 15.0 Å². The summed E-state index contributed by atoms with van der Waals surface area (Å²) in [6.45, 7) is 5.42. The largest absolute Gasteiger partial charge is 0.370 e. The number of hydrogen-bond acceptors (Lipinski definition) is 6. The van der Waals surface area contributed by atoms with Gasteiger partial charge in [0.1, 0.15) is 6.61 Å². The van der Waals surface area contributed by atoms with Crippen LogP contribution < -0.4 is 10.2 Å². The average molecular weight is 489 g/mol. The Morgan fingerprint density at radius 3 is 2.49 bits per heavy atom. The van der Waals surface area contributed by atoms with Crippen molar-refractivity contribution in [2.75, 3.05) is 30.0 Å². The fourth-order valence-electron chi connectivity index (χ4n) is 4.03. The van der Waals surface area contributed by atoms with E-state index in [1.54, 1.807) is 11.1 Å². The van der Waals surface area contributed by atoms with Crippen LogP contribution in [0, 0.1) is 0 Å². The summed E-state index contributed by atoms with van der Waals surface area (Å²) in [6, 6.07) is 17.9. The zero-order valence-corrected chi connectivity index (χ0v) is 20.2. The van der Waals surface area contributed by atoms with E-state index in [2.05, 4.69) is 34.2 Å². The molecular weight excluding hydrogens is 464 g/mol. The number of carbonyl (C=O) groups excluding carboxylic acids is 1. The van der Waals surface area contributed by atoms with Crippen molar-refractivity contribution in [3.05, 3.63) is 72.0 Å². The van der Waals surface area contributed by atoms with E-state index in [0.29, 0.717) is 29.8 Å². The molecule has 1 fully saturated rings. The Kier molecular flexibility index (Phi) is 6.48. The lowest BCUT2D eigenvalue weighted by molar-refractivity contribution is -0.125.